The quantitative estimate of drug-likeness (QED) is 0.401. The van der Waals surface area contributed by atoms with Gasteiger partial charge in [0.15, 0.2) is 0 Å². The van der Waals surface area contributed by atoms with E-state index in [0.717, 1.165) is 0 Å². The van der Waals surface area contributed by atoms with Gasteiger partial charge in [-0.25, -0.2) is 25.3 Å². The SMILES string of the molecule is O=S(=O)([O-])c1ccccc1.O=S(=O)([O-])c1ccccc1.O=S(=O)([O-])c1ccccc1.[La+3]. The second kappa shape index (κ2) is 13.2. The minimum Gasteiger partial charge on any atom is -0.744 e. The third-order valence-electron chi connectivity index (χ3n) is 3.10. The molecule has 0 bridgehead atoms. The molecule has 0 aliphatic heterocycles. The van der Waals surface area contributed by atoms with Crippen LogP contribution in [-0.2, 0) is 30.4 Å². The molecular weight excluding hydrogens is 595 g/mol. The van der Waals surface area contributed by atoms with Crippen LogP contribution in [0.3, 0.4) is 0 Å². The first kappa shape index (κ1) is 29.6. The summed E-state index contributed by atoms with van der Waals surface area (Å²) in [4.78, 5) is -0.556. The maximum atomic E-state index is 10.3. The predicted molar refractivity (Wildman–Crippen MR) is 103 cm³/mol. The smallest absolute Gasteiger partial charge is 0.744 e. The van der Waals surface area contributed by atoms with E-state index in [-0.39, 0.29) is 50.3 Å². The van der Waals surface area contributed by atoms with Gasteiger partial charge in [0.1, 0.15) is 30.4 Å². The van der Waals surface area contributed by atoms with Gasteiger partial charge in [0.05, 0.1) is 14.7 Å². The molecule has 0 atom stereocenters. The Balaban J connectivity index is 0.000000429. The molecule has 0 heterocycles. The van der Waals surface area contributed by atoms with E-state index in [4.69, 9.17) is 0 Å². The van der Waals surface area contributed by atoms with E-state index in [1.54, 1.807) is 18.2 Å². The van der Waals surface area contributed by atoms with Crippen molar-refractivity contribution < 1.29 is 74.5 Å². The fourth-order valence-corrected chi connectivity index (χ4v) is 3.23. The fourth-order valence-electron chi connectivity index (χ4n) is 1.76. The maximum Gasteiger partial charge on any atom is 3.00 e. The van der Waals surface area contributed by atoms with Crippen molar-refractivity contribution in [1.29, 1.82) is 0 Å². The Bertz CT molecular complexity index is 1070. The second-order valence-electron chi connectivity index (χ2n) is 5.30. The third-order valence-corrected chi connectivity index (χ3v) is 5.64. The summed E-state index contributed by atoms with van der Waals surface area (Å²) in [5, 5.41) is 0. The zero-order valence-corrected chi connectivity index (χ0v) is 21.7. The molecule has 0 amide bonds. The van der Waals surface area contributed by atoms with Gasteiger partial charge in [-0.3, -0.25) is 0 Å². The molecule has 0 fully saturated rings. The maximum absolute atomic E-state index is 10.3. The van der Waals surface area contributed by atoms with Crippen LogP contribution < -0.4 is 0 Å². The largest absolute Gasteiger partial charge is 3.00 e. The summed E-state index contributed by atoms with van der Waals surface area (Å²) in [5.41, 5.74) is 0. The molecule has 0 N–H and O–H groups in total. The van der Waals surface area contributed by atoms with Crippen molar-refractivity contribution in [3.63, 3.8) is 0 Å². The number of hydrogen-bond donors (Lipinski definition) is 0. The molecule has 162 valence electrons. The first-order valence-corrected chi connectivity index (χ1v) is 12.1. The summed E-state index contributed by atoms with van der Waals surface area (Å²) in [6.07, 6.45) is 0. The summed E-state index contributed by atoms with van der Waals surface area (Å²) < 4.78 is 92.5. The Labute approximate surface area is 209 Å². The summed E-state index contributed by atoms with van der Waals surface area (Å²) in [7, 11) is -12.8. The average Bonchev–Trinajstić information content (AvgIpc) is 2.69. The average molecular weight is 610 g/mol. The Morgan fingerprint density at radius 2 is 0.548 bits per heavy atom. The van der Waals surface area contributed by atoms with Crippen LogP contribution >= 0.6 is 0 Å². The van der Waals surface area contributed by atoms with Crippen molar-refractivity contribution in [1.82, 2.24) is 0 Å². The molecule has 31 heavy (non-hydrogen) atoms. The van der Waals surface area contributed by atoms with E-state index in [9.17, 15) is 38.9 Å². The van der Waals surface area contributed by atoms with E-state index in [1.807, 2.05) is 0 Å². The van der Waals surface area contributed by atoms with Crippen molar-refractivity contribution in [3.8, 4) is 0 Å². The number of hydrogen-bond acceptors (Lipinski definition) is 9. The normalized spacial score (nSPS) is 10.9. The molecule has 0 unspecified atom stereocenters. The van der Waals surface area contributed by atoms with Gasteiger partial charge >= 0.3 is 35.6 Å². The van der Waals surface area contributed by atoms with E-state index >= 15 is 0 Å². The van der Waals surface area contributed by atoms with Gasteiger partial charge in [0.2, 0.25) is 0 Å². The zero-order chi connectivity index (χ0) is 22.8. The molecule has 3 aromatic carbocycles. The molecule has 13 heteroatoms. The van der Waals surface area contributed by atoms with Crippen molar-refractivity contribution >= 4 is 30.4 Å². The first-order chi connectivity index (χ1) is 13.8. The van der Waals surface area contributed by atoms with E-state index in [0.29, 0.717) is 0 Å². The van der Waals surface area contributed by atoms with Crippen LogP contribution in [0.15, 0.2) is 106 Å². The second-order valence-corrected chi connectivity index (χ2v) is 9.44. The molecule has 0 saturated heterocycles. The topological polar surface area (TPSA) is 172 Å². The molecule has 3 aromatic rings. The molecule has 9 nitrogen and oxygen atoms in total. The van der Waals surface area contributed by atoms with Gasteiger partial charge < -0.3 is 13.7 Å². The van der Waals surface area contributed by atoms with Gasteiger partial charge in [-0.05, 0) is 36.4 Å². The Morgan fingerprint density at radius 1 is 0.387 bits per heavy atom. The molecule has 0 radical (unpaired) electrons. The van der Waals surface area contributed by atoms with Crippen molar-refractivity contribution in [3.05, 3.63) is 91.0 Å². The molecule has 0 saturated carbocycles. The zero-order valence-electron chi connectivity index (χ0n) is 15.6. The van der Waals surface area contributed by atoms with Crippen molar-refractivity contribution in [2.24, 2.45) is 0 Å². The van der Waals surface area contributed by atoms with E-state index < -0.39 is 30.4 Å². The Morgan fingerprint density at radius 3 is 0.645 bits per heavy atom. The summed E-state index contributed by atoms with van der Waals surface area (Å²) in [6.45, 7) is 0. The summed E-state index contributed by atoms with van der Waals surface area (Å²) in [6, 6.07) is 21.6. The van der Waals surface area contributed by atoms with Crippen LogP contribution in [0.2, 0.25) is 0 Å². The van der Waals surface area contributed by atoms with Gasteiger partial charge in [0, 0.05) is 0 Å². The van der Waals surface area contributed by atoms with Gasteiger partial charge in [-0.15, -0.1) is 0 Å². The van der Waals surface area contributed by atoms with Gasteiger partial charge in [-0.1, -0.05) is 54.6 Å². The van der Waals surface area contributed by atoms with Crippen LogP contribution in [0, 0.1) is 35.6 Å². The molecule has 0 aliphatic carbocycles. The van der Waals surface area contributed by atoms with Gasteiger partial charge in [-0.2, -0.15) is 0 Å². The minimum absolute atomic E-state index is 0. The van der Waals surface area contributed by atoms with Crippen LogP contribution in [0.4, 0.5) is 0 Å². The van der Waals surface area contributed by atoms with Crippen molar-refractivity contribution in [2.75, 3.05) is 0 Å². The summed E-state index contributed by atoms with van der Waals surface area (Å²) >= 11 is 0. The predicted octanol–water partition coefficient (Wildman–Crippen LogP) is 1.77. The fraction of sp³-hybridized carbons (Fsp3) is 0. The van der Waals surface area contributed by atoms with Gasteiger partial charge in [0.25, 0.3) is 0 Å². The van der Waals surface area contributed by atoms with E-state index in [1.165, 1.54) is 72.8 Å². The standard InChI is InChI=1S/3C6H6O3S.La/c3*7-10(8,9)6-4-2-1-3-5-6;/h3*1-5H,(H,7,8,9);/q;;;+3/p-3. The van der Waals surface area contributed by atoms with E-state index in [2.05, 4.69) is 0 Å². The molecule has 0 spiro atoms. The number of rotatable bonds is 3. The monoisotopic (exact) mass is 610 g/mol. The molecule has 0 aromatic heterocycles. The Kier molecular flexibility index (Phi) is 12.6. The van der Waals surface area contributed by atoms with Crippen LogP contribution in [0.1, 0.15) is 0 Å². The van der Waals surface area contributed by atoms with Crippen LogP contribution in [0.25, 0.3) is 0 Å². The first-order valence-electron chi connectivity index (χ1n) is 7.84. The third kappa shape index (κ3) is 12.3. The molecule has 3 rings (SSSR count). The molecular formula is C18H15LaO9S3. The van der Waals surface area contributed by atoms with Crippen LogP contribution in [-0.4, -0.2) is 38.9 Å². The van der Waals surface area contributed by atoms with Crippen LogP contribution in [0.5, 0.6) is 0 Å². The summed E-state index contributed by atoms with van der Waals surface area (Å²) in [5.74, 6) is 0. The number of benzene rings is 3. The Hall–Kier alpha value is -1.42. The minimum atomic E-state index is -4.25. The van der Waals surface area contributed by atoms with Crippen molar-refractivity contribution in [2.45, 2.75) is 14.7 Å². The molecule has 0 aliphatic rings.